The molecule has 4 aromatic rings. The van der Waals surface area contributed by atoms with Crippen molar-refractivity contribution in [3.05, 3.63) is 83.5 Å². The standard InChI is InChI=1S/C23H21ClFN5O2S/c24-17-4-1-7-20(14-17)33(31,32)29-12-10-28(11-13-29)16-22-27-21-8-3-9-26-23(21)30(22)19-6-2-5-18(25)15-19/h1-9,14-15H,10-13,16H2. The predicted octanol–water partition coefficient (Wildman–Crippen LogP) is 3.72. The monoisotopic (exact) mass is 485 g/mol. The number of piperazine rings is 1. The fraction of sp³-hybridized carbons (Fsp3) is 0.217. The smallest absolute Gasteiger partial charge is 0.243 e. The van der Waals surface area contributed by atoms with Gasteiger partial charge in [0.05, 0.1) is 17.1 Å². The van der Waals surface area contributed by atoms with Gasteiger partial charge in [-0.2, -0.15) is 4.31 Å². The molecular formula is C23H21ClFN5O2S. The molecule has 170 valence electrons. The van der Waals surface area contributed by atoms with E-state index in [2.05, 4.69) is 9.88 Å². The van der Waals surface area contributed by atoms with Gasteiger partial charge in [0.1, 0.15) is 17.2 Å². The Morgan fingerprint density at radius 3 is 2.52 bits per heavy atom. The van der Waals surface area contributed by atoms with Crippen molar-refractivity contribution in [1.82, 2.24) is 23.7 Å². The van der Waals surface area contributed by atoms with E-state index in [0.29, 0.717) is 49.1 Å². The van der Waals surface area contributed by atoms with Crippen molar-refractivity contribution < 1.29 is 12.8 Å². The van der Waals surface area contributed by atoms with Crippen LogP contribution < -0.4 is 0 Å². The number of hydrogen-bond donors (Lipinski definition) is 0. The molecule has 10 heteroatoms. The maximum absolute atomic E-state index is 13.9. The third kappa shape index (κ3) is 4.37. The number of sulfonamides is 1. The highest BCUT2D eigenvalue weighted by Crippen LogP contribution is 2.24. The first-order valence-electron chi connectivity index (χ1n) is 10.5. The second kappa shape index (κ2) is 8.83. The third-order valence-corrected chi connectivity index (χ3v) is 7.81. The Balaban J connectivity index is 1.37. The van der Waals surface area contributed by atoms with Gasteiger partial charge in [0.15, 0.2) is 5.65 Å². The summed E-state index contributed by atoms with van der Waals surface area (Å²) >= 11 is 5.98. The molecule has 0 N–H and O–H groups in total. The molecule has 0 unspecified atom stereocenters. The van der Waals surface area contributed by atoms with E-state index < -0.39 is 10.0 Å². The number of halogens is 2. The molecule has 1 fully saturated rings. The van der Waals surface area contributed by atoms with Crippen LogP contribution in [-0.4, -0.2) is 58.3 Å². The number of benzene rings is 2. The molecule has 0 atom stereocenters. The lowest BCUT2D eigenvalue weighted by atomic mass is 10.3. The molecule has 0 aliphatic carbocycles. The van der Waals surface area contributed by atoms with E-state index in [9.17, 15) is 12.8 Å². The lowest BCUT2D eigenvalue weighted by Crippen LogP contribution is -2.48. The molecule has 0 bridgehead atoms. The van der Waals surface area contributed by atoms with E-state index in [0.717, 1.165) is 11.3 Å². The molecule has 1 aliphatic heterocycles. The van der Waals surface area contributed by atoms with Crippen molar-refractivity contribution in [3.63, 3.8) is 0 Å². The van der Waals surface area contributed by atoms with Gasteiger partial charge in [0, 0.05) is 37.4 Å². The minimum atomic E-state index is -3.61. The van der Waals surface area contributed by atoms with Crippen LogP contribution in [0.2, 0.25) is 5.02 Å². The van der Waals surface area contributed by atoms with E-state index in [-0.39, 0.29) is 10.7 Å². The summed E-state index contributed by atoms with van der Waals surface area (Å²) in [7, 11) is -3.61. The van der Waals surface area contributed by atoms with Crippen molar-refractivity contribution in [1.29, 1.82) is 0 Å². The third-order valence-electron chi connectivity index (χ3n) is 5.68. The Bertz CT molecular complexity index is 1420. The van der Waals surface area contributed by atoms with E-state index in [1.165, 1.54) is 22.5 Å². The van der Waals surface area contributed by atoms with Crippen LogP contribution in [0.1, 0.15) is 5.82 Å². The molecule has 33 heavy (non-hydrogen) atoms. The zero-order valence-electron chi connectivity index (χ0n) is 17.6. The SMILES string of the molecule is O=S(=O)(c1cccc(Cl)c1)N1CCN(Cc2nc3cccnc3n2-c2cccc(F)c2)CC1. The first kappa shape index (κ1) is 22.0. The van der Waals surface area contributed by atoms with Gasteiger partial charge in [0.25, 0.3) is 0 Å². The van der Waals surface area contributed by atoms with Crippen molar-refractivity contribution in [2.75, 3.05) is 26.2 Å². The lowest BCUT2D eigenvalue weighted by Gasteiger charge is -2.33. The number of aromatic nitrogens is 3. The molecule has 0 saturated carbocycles. The molecule has 7 nitrogen and oxygen atoms in total. The zero-order valence-corrected chi connectivity index (χ0v) is 19.2. The van der Waals surface area contributed by atoms with Crippen LogP contribution in [0.15, 0.2) is 71.8 Å². The van der Waals surface area contributed by atoms with Gasteiger partial charge in [-0.15, -0.1) is 0 Å². The summed E-state index contributed by atoms with van der Waals surface area (Å²) in [5.41, 5.74) is 2.02. The van der Waals surface area contributed by atoms with Gasteiger partial charge in [-0.25, -0.2) is 22.8 Å². The molecule has 2 aromatic carbocycles. The lowest BCUT2D eigenvalue weighted by molar-refractivity contribution is 0.177. The van der Waals surface area contributed by atoms with Crippen LogP contribution in [0.5, 0.6) is 0 Å². The van der Waals surface area contributed by atoms with Gasteiger partial charge < -0.3 is 0 Å². The highest BCUT2D eigenvalue weighted by molar-refractivity contribution is 7.89. The summed E-state index contributed by atoms with van der Waals surface area (Å²) in [4.78, 5) is 11.5. The highest BCUT2D eigenvalue weighted by atomic mass is 35.5. The van der Waals surface area contributed by atoms with Gasteiger partial charge in [-0.1, -0.05) is 23.7 Å². The number of pyridine rings is 1. The maximum atomic E-state index is 13.9. The fourth-order valence-electron chi connectivity index (χ4n) is 4.06. The average Bonchev–Trinajstić information content (AvgIpc) is 3.17. The average molecular weight is 486 g/mol. The van der Waals surface area contributed by atoms with Gasteiger partial charge in [-0.05, 0) is 48.5 Å². The summed E-state index contributed by atoms with van der Waals surface area (Å²) in [6.07, 6.45) is 1.68. The van der Waals surface area contributed by atoms with Crippen LogP contribution in [0.4, 0.5) is 4.39 Å². The minimum absolute atomic E-state index is 0.197. The Kier molecular flexibility index (Phi) is 5.88. The van der Waals surface area contributed by atoms with Crippen LogP contribution in [0, 0.1) is 5.82 Å². The van der Waals surface area contributed by atoms with Gasteiger partial charge in [-0.3, -0.25) is 9.47 Å². The van der Waals surface area contributed by atoms with Crippen LogP contribution in [0.25, 0.3) is 16.9 Å². The number of rotatable bonds is 5. The summed E-state index contributed by atoms with van der Waals surface area (Å²) in [6.45, 7) is 2.28. The summed E-state index contributed by atoms with van der Waals surface area (Å²) in [5, 5.41) is 0.388. The molecule has 5 rings (SSSR count). The highest BCUT2D eigenvalue weighted by Gasteiger charge is 2.29. The molecule has 0 radical (unpaired) electrons. The Morgan fingerprint density at radius 2 is 1.76 bits per heavy atom. The number of nitrogens with zero attached hydrogens (tertiary/aromatic N) is 5. The van der Waals surface area contributed by atoms with E-state index in [1.54, 1.807) is 30.5 Å². The topological polar surface area (TPSA) is 71.3 Å². The zero-order chi connectivity index (χ0) is 23.0. The first-order valence-corrected chi connectivity index (χ1v) is 12.3. The summed E-state index contributed by atoms with van der Waals surface area (Å²) < 4.78 is 43.2. The minimum Gasteiger partial charge on any atom is -0.293 e. The van der Waals surface area contributed by atoms with E-state index in [4.69, 9.17) is 16.6 Å². The fourth-order valence-corrected chi connectivity index (χ4v) is 5.78. The van der Waals surface area contributed by atoms with Crippen LogP contribution >= 0.6 is 11.6 Å². The number of fused-ring (bicyclic) bond motifs is 1. The van der Waals surface area contributed by atoms with Crippen LogP contribution in [-0.2, 0) is 16.6 Å². The normalized spacial score (nSPS) is 15.8. The van der Waals surface area contributed by atoms with Crippen molar-refractivity contribution >= 4 is 32.8 Å². The summed E-state index contributed by atoms with van der Waals surface area (Å²) in [5.74, 6) is 0.386. The van der Waals surface area contributed by atoms with Crippen molar-refractivity contribution in [3.8, 4) is 5.69 Å². The van der Waals surface area contributed by atoms with E-state index in [1.807, 2.05) is 22.8 Å². The molecule has 1 aliphatic rings. The Labute approximate surface area is 196 Å². The second-order valence-electron chi connectivity index (χ2n) is 7.83. The van der Waals surface area contributed by atoms with Gasteiger partial charge >= 0.3 is 0 Å². The molecule has 0 spiro atoms. The van der Waals surface area contributed by atoms with Crippen molar-refractivity contribution in [2.45, 2.75) is 11.4 Å². The predicted molar refractivity (Wildman–Crippen MR) is 124 cm³/mol. The Hall–Kier alpha value is -2.85. The number of imidazole rings is 1. The van der Waals surface area contributed by atoms with Gasteiger partial charge in [0.2, 0.25) is 10.0 Å². The first-order chi connectivity index (χ1) is 15.9. The molecule has 0 amide bonds. The number of hydrogen-bond acceptors (Lipinski definition) is 5. The second-order valence-corrected chi connectivity index (χ2v) is 10.2. The molecule has 2 aromatic heterocycles. The summed E-state index contributed by atoms with van der Waals surface area (Å²) in [6, 6.07) is 16.3. The quantitative estimate of drug-likeness (QED) is 0.431. The molecular weight excluding hydrogens is 465 g/mol. The molecule has 1 saturated heterocycles. The van der Waals surface area contributed by atoms with E-state index >= 15 is 0 Å². The largest absolute Gasteiger partial charge is 0.293 e. The van der Waals surface area contributed by atoms with Crippen molar-refractivity contribution in [2.24, 2.45) is 0 Å². The molecule has 3 heterocycles. The Morgan fingerprint density at radius 1 is 0.970 bits per heavy atom. The van der Waals surface area contributed by atoms with Crippen LogP contribution in [0.3, 0.4) is 0 Å². The maximum Gasteiger partial charge on any atom is 0.243 e.